The first kappa shape index (κ1) is 25.6. The lowest BCUT2D eigenvalue weighted by atomic mass is 10.3. The molecule has 0 fully saturated rings. The zero-order chi connectivity index (χ0) is 20.0. The van der Waals surface area contributed by atoms with Gasteiger partial charge in [-0.25, -0.2) is 0 Å². The molecule has 7 heteroatoms. The zero-order valence-corrected chi connectivity index (χ0v) is 17.2. The fraction of sp³-hybridized carbons (Fsp3) is 0.700. The Morgan fingerprint density at radius 3 is 1.11 bits per heavy atom. The van der Waals surface area contributed by atoms with E-state index in [4.69, 9.17) is 28.4 Å². The Morgan fingerprint density at radius 2 is 0.815 bits per heavy atom. The van der Waals surface area contributed by atoms with Gasteiger partial charge >= 0.3 is 0 Å². The van der Waals surface area contributed by atoms with Gasteiger partial charge in [0.15, 0.2) is 11.5 Å². The minimum absolute atomic E-state index is 0.472. The molecule has 1 heterocycles. The first-order chi connectivity index (χ1) is 13.4. The molecule has 0 saturated carbocycles. The molecular formula is C20H36O7. The molecule has 0 saturated heterocycles. The number of benzene rings is 1. The van der Waals surface area contributed by atoms with E-state index < -0.39 is 0 Å². The van der Waals surface area contributed by atoms with Gasteiger partial charge in [-0.3, -0.25) is 0 Å². The quantitative estimate of drug-likeness (QED) is 0.677. The van der Waals surface area contributed by atoms with Crippen molar-refractivity contribution in [2.75, 3.05) is 80.3 Å². The van der Waals surface area contributed by atoms with E-state index in [-0.39, 0.29) is 0 Å². The number of methoxy groups -OCH3 is 1. The normalized spacial score (nSPS) is 17.0. The van der Waals surface area contributed by atoms with Crippen molar-refractivity contribution in [2.45, 2.75) is 13.8 Å². The van der Waals surface area contributed by atoms with E-state index in [0.29, 0.717) is 77.6 Å². The van der Waals surface area contributed by atoms with Gasteiger partial charge in [-0.15, -0.1) is 0 Å². The average molecular weight is 389 g/mol. The number of ether oxygens (including phenoxy) is 7. The van der Waals surface area contributed by atoms with Crippen LogP contribution in [0, 0.1) is 0 Å². The summed E-state index contributed by atoms with van der Waals surface area (Å²) in [5.74, 6) is 1.43. The highest BCUT2D eigenvalue weighted by atomic mass is 16.6. The van der Waals surface area contributed by atoms with Crippen LogP contribution in [0.2, 0.25) is 0 Å². The van der Waals surface area contributed by atoms with E-state index in [1.54, 1.807) is 14.2 Å². The van der Waals surface area contributed by atoms with Gasteiger partial charge < -0.3 is 33.2 Å². The molecular weight excluding hydrogens is 352 g/mol. The SMILES string of the molecule is CC.COC.c1ccc2c(c1)OCCOCCOCCOCCOCCO2. The number of hydrogen-bond acceptors (Lipinski definition) is 7. The van der Waals surface area contributed by atoms with Crippen LogP contribution in [-0.4, -0.2) is 80.3 Å². The van der Waals surface area contributed by atoms with Gasteiger partial charge in [0.1, 0.15) is 13.2 Å². The predicted octanol–water partition coefficient (Wildman–Crippen LogP) is 2.81. The van der Waals surface area contributed by atoms with Gasteiger partial charge in [-0.1, -0.05) is 26.0 Å². The Balaban J connectivity index is 0.00000123. The van der Waals surface area contributed by atoms with Crippen molar-refractivity contribution in [3.63, 3.8) is 0 Å². The van der Waals surface area contributed by atoms with E-state index in [1.165, 1.54) is 0 Å². The summed E-state index contributed by atoms with van der Waals surface area (Å²) >= 11 is 0. The second-order valence-corrected chi connectivity index (χ2v) is 5.00. The second-order valence-electron chi connectivity index (χ2n) is 5.00. The average Bonchev–Trinajstić information content (AvgIpc) is 2.70. The summed E-state index contributed by atoms with van der Waals surface area (Å²) in [7, 11) is 3.25. The molecule has 0 aromatic heterocycles. The van der Waals surface area contributed by atoms with Gasteiger partial charge in [-0.05, 0) is 12.1 Å². The molecule has 0 N–H and O–H groups in total. The predicted molar refractivity (Wildman–Crippen MR) is 105 cm³/mol. The molecule has 0 spiro atoms. The summed E-state index contributed by atoms with van der Waals surface area (Å²) in [5.41, 5.74) is 0. The van der Waals surface area contributed by atoms with Crippen molar-refractivity contribution in [1.82, 2.24) is 0 Å². The number of fused-ring (bicyclic) bond motifs is 1. The molecule has 2 rings (SSSR count). The third kappa shape index (κ3) is 15.4. The fourth-order valence-electron chi connectivity index (χ4n) is 1.87. The smallest absolute Gasteiger partial charge is 0.161 e. The van der Waals surface area contributed by atoms with Gasteiger partial charge in [0.05, 0.1) is 52.9 Å². The summed E-state index contributed by atoms with van der Waals surface area (Å²) in [6.07, 6.45) is 0. The van der Waals surface area contributed by atoms with Gasteiger partial charge in [-0.2, -0.15) is 0 Å². The highest BCUT2D eigenvalue weighted by Gasteiger charge is 2.04. The molecule has 1 aromatic carbocycles. The van der Waals surface area contributed by atoms with Crippen molar-refractivity contribution < 1.29 is 33.2 Å². The van der Waals surface area contributed by atoms with E-state index in [9.17, 15) is 0 Å². The van der Waals surface area contributed by atoms with Crippen molar-refractivity contribution in [2.24, 2.45) is 0 Å². The Kier molecular flexibility index (Phi) is 19.9. The maximum atomic E-state index is 5.68. The molecule has 7 nitrogen and oxygen atoms in total. The van der Waals surface area contributed by atoms with Crippen LogP contribution in [0.5, 0.6) is 11.5 Å². The maximum absolute atomic E-state index is 5.68. The molecule has 0 radical (unpaired) electrons. The van der Waals surface area contributed by atoms with Gasteiger partial charge in [0.25, 0.3) is 0 Å². The van der Waals surface area contributed by atoms with E-state index in [0.717, 1.165) is 0 Å². The van der Waals surface area contributed by atoms with Crippen LogP contribution in [0.1, 0.15) is 13.8 Å². The highest BCUT2D eigenvalue weighted by Crippen LogP contribution is 2.26. The number of rotatable bonds is 0. The van der Waals surface area contributed by atoms with Crippen molar-refractivity contribution in [3.05, 3.63) is 24.3 Å². The minimum Gasteiger partial charge on any atom is -0.487 e. The first-order valence-corrected chi connectivity index (χ1v) is 9.44. The largest absolute Gasteiger partial charge is 0.487 e. The third-order valence-corrected chi connectivity index (χ3v) is 2.94. The van der Waals surface area contributed by atoms with Crippen LogP contribution in [0.15, 0.2) is 24.3 Å². The maximum Gasteiger partial charge on any atom is 0.161 e. The van der Waals surface area contributed by atoms with E-state index in [1.807, 2.05) is 38.1 Å². The van der Waals surface area contributed by atoms with Crippen molar-refractivity contribution >= 4 is 0 Å². The molecule has 0 amide bonds. The fourth-order valence-corrected chi connectivity index (χ4v) is 1.87. The number of para-hydroxylation sites is 2. The first-order valence-electron chi connectivity index (χ1n) is 9.44. The highest BCUT2D eigenvalue weighted by molar-refractivity contribution is 5.39. The van der Waals surface area contributed by atoms with Crippen LogP contribution >= 0.6 is 0 Å². The van der Waals surface area contributed by atoms with Crippen LogP contribution in [0.25, 0.3) is 0 Å². The zero-order valence-electron chi connectivity index (χ0n) is 17.2. The Labute approximate surface area is 163 Å². The summed E-state index contributed by atoms with van der Waals surface area (Å²) in [6, 6.07) is 7.59. The summed E-state index contributed by atoms with van der Waals surface area (Å²) in [4.78, 5) is 0. The lowest BCUT2D eigenvalue weighted by molar-refractivity contribution is -0.00841. The van der Waals surface area contributed by atoms with Gasteiger partial charge in [0.2, 0.25) is 0 Å². The minimum atomic E-state index is 0.472. The molecule has 0 unspecified atom stereocenters. The molecule has 158 valence electrons. The summed E-state index contributed by atoms with van der Waals surface area (Å²) in [6.45, 7) is 9.30. The van der Waals surface area contributed by atoms with Crippen LogP contribution in [0.3, 0.4) is 0 Å². The molecule has 1 aliphatic rings. The third-order valence-electron chi connectivity index (χ3n) is 2.94. The molecule has 1 aromatic rings. The molecule has 0 atom stereocenters. The van der Waals surface area contributed by atoms with E-state index >= 15 is 0 Å². The van der Waals surface area contributed by atoms with Crippen LogP contribution in [-0.2, 0) is 23.7 Å². The number of hydrogen-bond donors (Lipinski definition) is 0. The van der Waals surface area contributed by atoms with Crippen LogP contribution in [0.4, 0.5) is 0 Å². The Bertz CT molecular complexity index is 378. The molecule has 0 aliphatic carbocycles. The topological polar surface area (TPSA) is 64.6 Å². The van der Waals surface area contributed by atoms with Crippen LogP contribution < -0.4 is 9.47 Å². The molecule has 1 aliphatic heterocycles. The molecule has 27 heavy (non-hydrogen) atoms. The Morgan fingerprint density at radius 1 is 0.556 bits per heavy atom. The van der Waals surface area contributed by atoms with Crippen molar-refractivity contribution in [1.29, 1.82) is 0 Å². The second kappa shape index (κ2) is 20.9. The lowest BCUT2D eigenvalue weighted by Gasteiger charge is -2.13. The lowest BCUT2D eigenvalue weighted by Crippen LogP contribution is -2.15. The molecule has 0 bridgehead atoms. The van der Waals surface area contributed by atoms with Crippen molar-refractivity contribution in [3.8, 4) is 11.5 Å². The van der Waals surface area contributed by atoms with E-state index in [2.05, 4.69) is 4.74 Å². The van der Waals surface area contributed by atoms with Gasteiger partial charge in [0, 0.05) is 14.2 Å². The summed E-state index contributed by atoms with van der Waals surface area (Å²) < 4.78 is 37.3. The monoisotopic (exact) mass is 388 g/mol. The summed E-state index contributed by atoms with van der Waals surface area (Å²) in [5, 5.41) is 0. The standard InChI is InChI=1S/C16H24O6.C2H6O.C2H6/c1-2-4-16-15(3-1)21-13-11-19-9-7-17-5-6-18-8-10-20-12-14-22-16;1-3-2;1-2/h1-4H,5-14H2;1-2H3;1-2H3. The Hall–Kier alpha value is -1.38.